The first-order chi connectivity index (χ1) is 28.9. The average Bonchev–Trinajstić information content (AvgIpc) is 3.26. The molecule has 0 spiro atoms. The van der Waals surface area contributed by atoms with Gasteiger partial charge in [0.05, 0.1) is 0 Å². The van der Waals surface area contributed by atoms with Crippen LogP contribution >= 0.6 is 0 Å². The van der Waals surface area contributed by atoms with Gasteiger partial charge in [-0.05, 0) is 37.8 Å². The van der Waals surface area contributed by atoms with Crippen molar-refractivity contribution < 1.29 is 19.8 Å². The van der Waals surface area contributed by atoms with Gasteiger partial charge in [-0.3, -0.25) is 14.4 Å². The van der Waals surface area contributed by atoms with E-state index >= 15 is 0 Å². The number of unbranched alkanes of at least 4 members (excludes halogenated alkanes) is 21. The van der Waals surface area contributed by atoms with Gasteiger partial charge in [0.25, 0.3) is 17.3 Å². The third kappa shape index (κ3) is 37.2. The standard InChI is InChI=1S/C47H91N3O2.CH2O2.CH4O.CH2O/c1-6-10-13-16-20-28-35-43(36-29-21-17-14-11-7-2)37-30-23-19-25-32-40-50(41-38-49-45-44(48-5)46(51)47(45)52)39-31-24-18-22-27-34-42(9-4)33-26-15-12-8-3;2-1-3;2*1-2/h42-43,48-49H,6-41H2,1-5H3;1H,(H,2,3);2H,1H3;1H2. The van der Waals surface area contributed by atoms with E-state index in [1.165, 1.54) is 205 Å². The van der Waals surface area contributed by atoms with Crippen LogP contribution in [-0.2, 0) is 9.59 Å². The summed E-state index contributed by atoms with van der Waals surface area (Å²) in [5.41, 5.74) is 0.168. The van der Waals surface area contributed by atoms with Gasteiger partial charge in [0.1, 0.15) is 18.2 Å². The monoisotopic (exact) mass is 838 g/mol. The minimum atomic E-state index is -0.389. The van der Waals surface area contributed by atoms with Gasteiger partial charge in [-0.2, -0.15) is 0 Å². The van der Waals surface area contributed by atoms with E-state index < -0.39 is 0 Å². The summed E-state index contributed by atoms with van der Waals surface area (Å²) in [6.45, 7) is 15.0. The number of carboxylic acid groups (broad SMARTS) is 1. The number of hydrogen-bond acceptors (Lipinski definition) is 8. The van der Waals surface area contributed by atoms with E-state index in [2.05, 4.69) is 43.2 Å². The summed E-state index contributed by atoms with van der Waals surface area (Å²) in [6, 6.07) is 0. The fraction of sp³-hybridized carbons (Fsp3) is 0.880. The maximum Gasteiger partial charge on any atom is 0.290 e. The maximum atomic E-state index is 12.1. The Hall–Kier alpha value is -2.26. The summed E-state index contributed by atoms with van der Waals surface area (Å²) in [5.74, 6) is 1.90. The van der Waals surface area contributed by atoms with Crippen molar-refractivity contribution in [1.29, 1.82) is 0 Å². The second kappa shape index (κ2) is 50.1. The van der Waals surface area contributed by atoms with E-state index in [4.69, 9.17) is 19.8 Å². The van der Waals surface area contributed by atoms with Crippen LogP contribution in [0.3, 0.4) is 0 Å². The van der Waals surface area contributed by atoms with Crippen molar-refractivity contribution in [3.8, 4) is 0 Å². The Bertz CT molecular complexity index is 1030. The number of anilines is 2. The molecule has 9 nitrogen and oxygen atoms in total. The molecule has 350 valence electrons. The zero-order valence-corrected chi connectivity index (χ0v) is 39.9. The number of aliphatic hydroxyl groups is 1. The molecule has 59 heavy (non-hydrogen) atoms. The van der Waals surface area contributed by atoms with Crippen LogP contribution < -0.4 is 21.5 Å². The first-order valence-electron chi connectivity index (χ1n) is 24.7. The highest BCUT2D eigenvalue weighted by molar-refractivity contribution is 5.73. The average molecular weight is 838 g/mol. The van der Waals surface area contributed by atoms with Crippen molar-refractivity contribution in [2.75, 3.05) is 51.0 Å². The van der Waals surface area contributed by atoms with Crippen LogP contribution in [0, 0.1) is 11.8 Å². The smallest absolute Gasteiger partial charge is 0.290 e. The molecule has 1 unspecified atom stereocenters. The predicted molar refractivity (Wildman–Crippen MR) is 257 cm³/mol. The quantitative estimate of drug-likeness (QED) is 0.0289. The lowest BCUT2D eigenvalue weighted by molar-refractivity contribution is -0.122. The minimum Gasteiger partial charge on any atom is -0.483 e. The molecule has 9 heteroatoms. The fourth-order valence-electron chi connectivity index (χ4n) is 8.34. The summed E-state index contributed by atoms with van der Waals surface area (Å²) >= 11 is 0. The highest BCUT2D eigenvalue weighted by Crippen LogP contribution is 2.25. The van der Waals surface area contributed by atoms with Crippen LogP contribution in [0.15, 0.2) is 9.59 Å². The normalized spacial score (nSPS) is 11.3. The van der Waals surface area contributed by atoms with Crippen LogP contribution in [0.25, 0.3) is 0 Å². The van der Waals surface area contributed by atoms with Gasteiger partial charge < -0.3 is 30.5 Å². The number of carbonyl (C=O) groups is 2. The predicted octanol–water partition coefficient (Wildman–Crippen LogP) is 13.0. The summed E-state index contributed by atoms with van der Waals surface area (Å²) in [5, 5.41) is 20.1. The molecule has 4 N–H and O–H groups in total. The molecular weight excluding hydrogens is 739 g/mol. The van der Waals surface area contributed by atoms with E-state index in [0.717, 1.165) is 45.1 Å². The lowest BCUT2D eigenvalue weighted by Gasteiger charge is -2.23. The Morgan fingerprint density at radius 2 is 0.814 bits per heavy atom. The van der Waals surface area contributed by atoms with Crippen molar-refractivity contribution in [3.05, 3.63) is 20.4 Å². The highest BCUT2D eigenvalue weighted by atomic mass is 16.3. The first-order valence-corrected chi connectivity index (χ1v) is 24.7. The van der Waals surface area contributed by atoms with E-state index in [-0.39, 0.29) is 17.3 Å². The van der Waals surface area contributed by atoms with E-state index in [0.29, 0.717) is 11.4 Å². The molecule has 0 aliphatic rings. The number of carbonyl (C=O) groups excluding carboxylic acids is 1. The Morgan fingerprint density at radius 1 is 0.508 bits per heavy atom. The molecule has 0 amide bonds. The van der Waals surface area contributed by atoms with Gasteiger partial charge >= 0.3 is 0 Å². The van der Waals surface area contributed by atoms with Gasteiger partial charge in [-0.1, -0.05) is 220 Å². The molecule has 0 aliphatic heterocycles. The molecule has 1 aromatic rings. The zero-order chi connectivity index (χ0) is 44.6. The van der Waals surface area contributed by atoms with Gasteiger partial charge in [0.2, 0.25) is 0 Å². The molecule has 0 heterocycles. The molecule has 1 atom stereocenters. The van der Waals surface area contributed by atoms with Crippen LogP contribution in [0.4, 0.5) is 11.4 Å². The molecule has 1 aromatic carbocycles. The SMILES string of the molecule is C=O.CCCCCCCCC(CCCCCCCC)CCCCCCCN(CCCCCCCC(CC)CCCCCC)CCNc1c(NC)c(=O)c1=O.CO.O=CO. The number of nitrogens with one attached hydrogen (secondary N) is 2. The summed E-state index contributed by atoms with van der Waals surface area (Å²) in [6.07, 6.45) is 44.7. The Labute approximate surface area is 364 Å². The number of hydrogen-bond donors (Lipinski definition) is 4. The van der Waals surface area contributed by atoms with E-state index in [1.54, 1.807) is 7.05 Å². The summed E-state index contributed by atoms with van der Waals surface area (Å²) < 4.78 is 0. The van der Waals surface area contributed by atoms with Crippen molar-refractivity contribution in [2.24, 2.45) is 11.8 Å². The molecule has 0 saturated carbocycles. The van der Waals surface area contributed by atoms with Crippen LogP contribution in [0.5, 0.6) is 0 Å². The molecule has 0 aliphatic carbocycles. The van der Waals surface area contributed by atoms with E-state index in [9.17, 15) is 9.59 Å². The molecule has 0 radical (unpaired) electrons. The third-order valence-electron chi connectivity index (χ3n) is 12.0. The molecular formula is C50H99N3O6. The second-order valence-electron chi connectivity index (χ2n) is 16.7. The topological polar surface area (TPSA) is 136 Å². The van der Waals surface area contributed by atoms with Crippen molar-refractivity contribution >= 4 is 24.6 Å². The van der Waals surface area contributed by atoms with Crippen LogP contribution in [0.1, 0.15) is 233 Å². The van der Waals surface area contributed by atoms with Crippen molar-refractivity contribution in [3.63, 3.8) is 0 Å². The lowest BCUT2D eigenvalue weighted by atomic mass is 9.89. The van der Waals surface area contributed by atoms with Gasteiger partial charge in [0, 0.05) is 27.2 Å². The van der Waals surface area contributed by atoms with Gasteiger partial charge in [-0.25, -0.2) is 0 Å². The Kier molecular flexibility index (Phi) is 51.8. The summed E-state index contributed by atoms with van der Waals surface area (Å²) in [4.78, 5) is 42.9. The minimum absolute atomic E-state index is 0.250. The second-order valence-corrected chi connectivity index (χ2v) is 16.7. The van der Waals surface area contributed by atoms with Crippen LogP contribution in [0.2, 0.25) is 0 Å². The first kappa shape index (κ1) is 61.0. The van der Waals surface area contributed by atoms with Crippen molar-refractivity contribution in [1.82, 2.24) is 4.90 Å². The molecule has 0 aromatic heterocycles. The Morgan fingerprint density at radius 3 is 1.17 bits per heavy atom. The summed E-state index contributed by atoms with van der Waals surface area (Å²) in [7, 11) is 2.72. The Balaban J connectivity index is -0.00000420. The zero-order valence-electron chi connectivity index (χ0n) is 39.9. The third-order valence-corrected chi connectivity index (χ3v) is 12.0. The van der Waals surface area contributed by atoms with Gasteiger partial charge in [-0.15, -0.1) is 0 Å². The highest BCUT2D eigenvalue weighted by Gasteiger charge is 2.19. The number of aliphatic hydroxyl groups excluding tert-OH is 1. The number of nitrogens with zero attached hydrogens (tertiary/aromatic N) is 1. The lowest BCUT2D eigenvalue weighted by Crippen LogP contribution is -2.38. The van der Waals surface area contributed by atoms with E-state index in [1.807, 2.05) is 6.79 Å². The largest absolute Gasteiger partial charge is 0.483 e. The fourth-order valence-corrected chi connectivity index (χ4v) is 8.34. The van der Waals surface area contributed by atoms with Crippen LogP contribution in [-0.4, -0.2) is 68.7 Å². The molecule has 1 rings (SSSR count). The van der Waals surface area contributed by atoms with Gasteiger partial charge in [0.15, 0.2) is 0 Å². The molecule has 0 fully saturated rings. The maximum absolute atomic E-state index is 12.1. The van der Waals surface area contributed by atoms with Crippen molar-refractivity contribution in [2.45, 2.75) is 233 Å². The number of rotatable bonds is 41. The molecule has 0 bridgehead atoms. The molecule has 0 saturated heterocycles.